The van der Waals surface area contributed by atoms with E-state index in [1.54, 1.807) is 0 Å². The number of likely N-dealkylation sites (tertiary alicyclic amines) is 1. The molecule has 25 heavy (non-hydrogen) atoms. The molecule has 2 aromatic carbocycles. The molecule has 2 aromatic rings. The van der Waals surface area contributed by atoms with E-state index in [1.807, 2.05) is 42.5 Å². The number of piperidine rings is 1. The molecule has 1 aliphatic heterocycles. The highest BCUT2D eigenvalue weighted by atomic mass is 35.5. The van der Waals surface area contributed by atoms with Crippen molar-refractivity contribution in [1.29, 1.82) is 0 Å². The van der Waals surface area contributed by atoms with Crippen LogP contribution in [0.1, 0.15) is 32.6 Å². The van der Waals surface area contributed by atoms with Crippen LogP contribution in [0.25, 0.3) is 10.8 Å². The van der Waals surface area contributed by atoms with E-state index in [4.69, 9.17) is 4.74 Å². The minimum atomic E-state index is -0.377. The van der Waals surface area contributed by atoms with Crippen LogP contribution in [-0.4, -0.2) is 36.7 Å². The number of fused-ring (bicyclic) bond motifs is 1. The molecule has 0 aliphatic carbocycles. The normalized spacial score (nSPS) is 17.7. The number of nitrogens with one attached hydrogen (secondary N) is 1. The first-order chi connectivity index (χ1) is 11.7. The number of ether oxygens (including phenoxy) is 1. The second-order valence-corrected chi connectivity index (χ2v) is 6.52. The van der Waals surface area contributed by atoms with Gasteiger partial charge in [-0.3, -0.25) is 5.32 Å². The SMILES string of the molecule is CC1CCCCN1CCCOC(=O)Nc1cccc2ccccc12.Cl. The van der Waals surface area contributed by atoms with Crippen LogP contribution in [0.3, 0.4) is 0 Å². The Kier molecular flexibility index (Phi) is 7.53. The third-order valence-electron chi connectivity index (χ3n) is 4.79. The van der Waals surface area contributed by atoms with Crippen LogP contribution in [0, 0.1) is 0 Å². The highest BCUT2D eigenvalue weighted by molar-refractivity contribution is 6.00. The number of halogens is 1. The molecule has 0 bridgehead atoms. The number of carbonyl (C=O) groups is 1. The zero-order valence-corrected chi connectivity index (χ0v) is 15.6. The van der Waals surface area contributed by atoms with Crippen LogP contribution >= 0.6 is 12.4 Å². The number of nitrogens with zero attached hydrogens (tertiary/aromatic N) is 1. The molecule has 4 nitrogen and oxygen atoms in total. The lowest BCUT2D eigenvalue weighted by Crippen LogP contribution is -2.38. The maximum Gasteiger partial charge on any atom is 0.411 e. The summed E-state index contributed by atoms with van der Waals surface area (Å²) in [6, 6.07) is 14.5. The number of hydrogen-bond donors (Lipinski definition) is 1. The predicted molar refractivity (Wildman–Crippen MR) is 106 cm³/mol. The van der Waals surface area contributed by atoms with E-state index in [0.717, 1.165) is 29.4 Å². The minimum Gasteiger partial charge on any atom is -0.449 e. The molecule has 5 heteroatoms. The lowest BCUT2D eigenvalue weighted by atomic mass is 10.0. The first-order valence-corrected chi connectivity index (χ1v) is 8.89. The molecule has 1 saturated heterocycles. The summed E-state index contributed by atoms with van der Waals surface area (Å²) < 4.78 is 5.34. The monoisotopic (exact) mass is 362 g/mol. The Morgan fingerprint density at radius 3 is 2.84 bits per heavy atom. The van der Waals surface area contributed by atoms with Gasteiger partial charge in [0.05, 0.1) is 12.3 Å². The van der Waals surface area contributed by atoms with E-state index in [2.05, 4.69) is 17.1 Å². The molecule has 0 saturated carbocycles. The summed E-state index contributed by atoms with van der Waals surface area (Å²) >= 11 is 0. The van der Waals surface area contributed by atoms with Gasteiger partial charge in [-0.2, -0.15) is 0 Å². The van der Waals surface area contributed by atoms with E-state index in [1.165, 1.54) is 25.8 Å². The summed E-state index contributed by atoms with van der Waals surface area (Å²) in [4.78, 5) is 14.5. The average molecular weight is 363 g/mol. The molecule has 0 aromatic heterocycles. The third-order valence-corrected chi connectivity index (χ3v) is 4.79. The Hall–Kier alpha value is -1.78. The smallest absolute Gasteiger partial charge is 0.411 e. The van der Waals surface area contributed by atoms with Gasteiger partial charge in [0.25, 0.3) is 0 Å². The molecule has 0 spiro atoms. The van der Waals surface area contributed by atoms with Gasteiger partial charge < -0.3 is 9.64 Å². The van der Waals surface area contributed by atoms with Gasteiger partial charge in [-0.15, -0.1) is 12.4 Å². The zero-order chi connectivity index (χ0) is 16.8. The molecule has 1 heterocycles. The van der Waals surface area contributed by atoms with Gasteiger partial charge in [-0.1, -0.05) is 42.8 Å². The van der Waals surface area contributed by atoms with Crippen molar-refractivity contribution in [2.24, 2.45) is 0 Å². The van der Waals surface area contributed by atoms with Gasteiger partial charge >= 0.3 is 6.09 Å². The van der Waals surface area contributed by atoms with E-state index in [-0.39, 0.29) is 18.5 Å². The summed E-state index contributed by atoms with van der Waals surface area (Å²) in [5, 5.41) is 4.99. The number of rotatable bonds is 5. The maximum absolute atomic E-state index is 12.0. The molecule has 3 rings (SSSR count). The van der Waals surface area contributed by atoms with Crippen LogP contribution in [0.2, 0.25) is 0 Å². The number of hydrogen-bond acceptors (Lipinski definition) is 3. The van der Waals surface area contributed by atoms with Crippen LogP contribution in [0.4, 0.5) is 10.5 Å². The van der Waals surface area contributed by atoms with Gasteiger partial charge in [-0.25, -0.2) is 4.79 Å². The zero-order valence-electron chi connectivity index (χ0n) is 14.7. The Morgan fingerprint density at radius 1 is 1.20 bits per heavy atom. The topological polar surface area (TPSA) is 41.6 Å². The van der Waals surface area contributed by atoms with Crippen LogP contribution in [0.15, 0.2) is 42.5 Å². The van der Waals surface area contributed by atoms with Crippen molar-refractivity contribution in [2.75, 3.05) is 25.0 Å². The second kappa shape index (κ2) is 9.64. The van der Waals surface area contributed by atoms with Crippen LogP contribution < -0.4 is 5.32 Å². The number of benzene rings is 2. The van der Waals surface area contributed by atoms with Gasteiger partial charge in [0.15, 0.2) is 0 Å². The van der Waals surface area contributed by atoms with Crippen molar-refractivity contribution in [2.45, 2.75) is 38.6 Å². The fourth-order valence-corrected chi connectivity index (χ4v) is 3.40. The Bertz CT molecular complexity index is 687. The van der Waals surface area contributed by atoms with Crippen LogP contribution in [0.5, 0.6) is 0 Å². The molecule has 1 aliphatic rings. The molecule has 1 unspecified atom stereocenters. The van der Waals surface area contributed by atoms with Gasteiger partial charge in [0.2, 0.25) is 0 Å². The number of carbonyl (C=O) groups excluding carboxylic acids is 1. The van der Waals surface area contributed by atoms with E-state index in [0.29, 0.717) is 12.6 Å². The van der Waals surface area contributed by atoms with Gasteiger partial charge in [0, 0.05) is 18.0 Å². The van der Waals surface area contributed by atoms with Crippen LogP contribution in [-0.2, 0) is 4.74 Å². The lowest BCUT2D eigenvalue weighted by molar-refractivity contribution is 0.129. The van der Waals surface area contributed by atoms with E-state index < -0.39 is 0 Å². The quantitative estimate of drug-likeness (QED) is 0.754. The summed E-state index contributed by atoms with van der Waals surface area (Å²) in [6.07, 6.45) is 4.41. The molecular formula is C20H27ClN2O2. The fraction of sp³-hybridized carbons (Fsp3) is 0.450. The molecule has 1 N–H and O–H groups in total. The lowest BCUT2D eigenvalue weighted by Gasteiger charge is -2.33. The minimum absolute atomic E-state index is 0. The molecule has 136 valence electrons. The van der Waals surface area contributed by atoms with Crippen molar-refractivity contribution in [3.05, 3.63) is 42.5 Å². The van der Waals surface area contributed by atoms with E-state index in [9.17, 15) is 4.79 Å². The second-order valence-electron chi connectivity index (χ2n) is 6.52. The highest BCUT2D eigenvalue weighted by Crippen LogP contribution is 2.23. The summed E-state index contributed by atoms with van der Waals surface area (Å²) in [6.45, 7) is 4.92. The molecule has 0 radical (unpaired) electrons. The van der Waals surface area contributed by atoms with Crippen molar-refractivity contribution in [3.63, 3.8) is 0 Å². The first kappa shape index (κ1) is 19.5. The van der Waals surface area contributed by atoms with Crippen molar-refractivity contribution >= 4 is 35.0 Å². The predicted octanol–water partition coefficient (Wildman–Crippen LogP) is 5.07. The largest absolute Gasteiger partial charge is 0.449 e. The molecule has 1 atom stereocenters. The number of amides is 1. The molecule has 1 fully saturated rings. The van der Waals surface area contributed by atoms with Crippen molar-refractivity contribution < 1.29 is 9.53 Å². The number of anilines is 1. The fourth-order valence-electron chi connectivity index (χ4n) is 3.40. The van der Waals surface area contributed by atoms with Crippen molar-refractivity contribution in [3.8, 4) is 0 Å². The summed E-state index contributed by atoms with van der Waals surface area (Å²) in [7, 11) is 0. The van der Waals surface area contributed by atoms with Gasteiger partial charge in [0.1, 0.15) is 0 Å². The highest BCUT2D eigenvalue weighted by Gasteiger charge is 2.17. The van der Waals surface area contributed by atoms with Crippen molar-refractivity contribution in [1.82, 2.24) is 4.90 Å². The molecular weight excluding hydrogens is 336 g/mol. The van der Waals surface area contributed by atoms with Gasteiger partial charge in [-0.05, 0) is 44.2 Å². The Balaban J connectivity index is 0.00000225. The Morgan fingerprint density at radius 2 is 2.00 bits per heavy atom. The Labute approximate surface area is 155 Å². The average Bonchev–Trinajstić information content (AvgIpc) is 2.60. The maximum atomic E-state index is 12.0. The third kappa shape index (κ3) is 5.35. The summed E-state index contributed by atoms with van der Waals surface area (Å²) in [5.74, 6) is 0. The summed E-state index contributed by atoms with van der Waals surface area (Å²) in [5.41, 5.74) is 0.794. The first-order valence-electron chi connectivity index (χ1n) is 8.89. The standard InChI is InChI=1S/C20H26N2O2.ClH/c1-16-8-4-5-13-22(16)14-7-15-24-20(23)21-19-12-6-10-17-9-2-3-11-18(17)19;/h2-3,6,9-12,16H,4-5,7-8,13-15H2,1H3,(H,21,23);1H. The van der Waals surface area contributed by atoms with E-state index >= 15 is 0 Å². The molecule has 1 amide bonds.